The summed E-state index contributed by atoms with van der Waals surface area (Å²) >= 11 is 1.13. The first-order valence-corrected chi connectivity index (χ1v) is 13.0. The lowest BCUT2D eigenvalue weighted by Crippen LogP contribution is -2.54. The van der Waals surface area contributed by atoms with Gasteiger partial charge >= 0.3 is 0 Å². The Morgan fingerprint density at radius 3 is 2.47 bits per heavy atom. The summed E-state index contributed by atoms with van der Waals surface area (Å²) in [7, 11) is 0. The maximum Gasteiger partial charge on any atom is 0.263 e. The van der Waals surface area contributed by atoms with Crippen molar-refractivity contribution in [3.05, 3.63) is 64.2 Å². The fourth-order valence-corrected chi connectivity index (χ4v) is 6.01. The molecule has 188 valence electrons. The van der Waals surface area contributed by atoms with Gasteiger partial charge in [-0.05, 0) is 56.1 Å². The Balaban J connectivity index is 1.33. The summed E-state index contributed by atoms with van der Waals surface area (Å²) in [5.41, 5.74) is 1.20. The Kier molecular flexibility index (Phi) is 6.90. The predicted molar refractivity (Wildman–Crippen MR) is 128 cm³/mol. The Hall–Kier alpha value is -3.11. The average molecular weight is 514 g/mol. The predicted octanol–water partition coefficient (Wildman–Crippen LogP) is 3.64. The number of halogens is 2. The standard InChI is InChI=1S/C26H25F2N3O4S/c27-17-11-18-23(26(35)31(25(18)34)20-6-7-22(32)29-24(20)33)21(12-17)36-14-15-4-5-16(19(28)10-15)13-30-8-2-1-3-9-30/h4-5,10-12,20H,1-3,6-9,13-14H2,(H,29,32,33). The topological polar surface area (TPSA) is 86.8 Å². The molecular formula is C26H25F2N3O4S. The van der Waals surface area contributed by atoms with Crippen LogP contribution in [-0.2, 0) is 21.9 Å². The first kappa shape index (κ1) is 24.6. The SMILES string of the molecule is O=C1CCC(N2C(=O)c3cc(F)cc(SCc4ccc(CN5CCCCC5)c(F)c4)c3C2=O)C(=O)N1. The first-order valence-electron chi connectivity index (χ1n) is 12.0. The number of likely N-dealkylation sites (tertiary alicyclic amines) is 1. The fraction of sp³-hybridized carbons (Fsp3) is 0.385. The summed E-state index contributed by atoms with van der Waals surface area (Å²) in [6, 6.07) is 6.06. The molecule has 0 bridgehead atoms. The highest BCUT2D eigenvalue weighted by molar-refractivity contribution is 7.98. The van der Waals surface area contributed by atoms with Gasteiger partial charge in [-0.15, -0.1) is 11.8 Å². The minimum absolute atomic E-state index is 0.000893. The molecule has 4 amide bonds. The van der Waals surface area contributed by atoms with Crippen LogP contribution >= 0.6 is 11.8 Å². The Bertz CT molecular complexity index is 1260. The molecule has 1 unspecified atom stereocenters. The minimum Gasteiger partial charge on any atom is -0.299 e. The molecule has 1 N–H and O–H groups in total. The molecule has 2 saturated heterocycles. The number of hydrogen-bond donors (Lipinski definition) is 1. The second-order valence-electron chi connectivity index (χ2n) is 9.32. The first-order chi connectivity index (χ1) is 17.3. The van der Waals surface area contributed by atoms with Crippen molar-refractivity contribution in [3.63, 3.8) is 0 Å². The second kappa shape index (κ2) is 10.1. The lowest BCUT2D eigenvalue weighted by atomic mass is 10.0. The number of piperidine rings is 2. The van der Waals surface area contributed by atoms with Crippen LogP contribution in [0.2, 0.25) is 0 Å². The number of hydrogen-bond acceptors (Lipinski definition) is 6. The van der Waals surface area contributed by atoms with E-state index in [1.807, 2.05) is 6.07 Å². The highest BCUT2D eigenvalue weighted by Crippen LogP contribution is 2.36. The summed E-state index contributed by atoms with van der Waals surface area (Å²) in [5, 5.41) is 2.14. The lowest BCUT2D eigenvalue weighted by molar-refractivity contribution is -0.136. The van der Waals surface area contributed by atoms with E-state index >= 15 is 0 Å². The zero-order chi connectivity index (χ0) is 25.4. The van der Waals surface area contributed by atoms with E-state index in [1.54, 1.807) is 6.07 Å². The van der Waals surface area contributed by atoms with Crippen molar-refractivity contribution >= 4 is 35.4 Å². The molecule has 3 aliphatic rings. The summed E-state index contributed by atoms with van der Waals surface area (Å²) < 4.78 is 29.2. The van der Waals surface area contributed by atoms with Gasteiger partial charge in [-0.3, -0.25) is 34.3 Å². The number of rotatable bonds is 6. The molecule has 3 aliphatic heterocycles. The number of thioether (sulfide) groups is 1. The molecular weight excluding hydrogens is 488 g/mol. The molecule has 0 aliphatic carbocycles. The van der Waals surface area contributed by atoms with Crippen molar-refractivity contribution in [1.29, 1.82) is 0 Å². The van der Waals surface area contributed by atoms with Crippen LogP contribution in [0.3, 0.4) is 0 Å². The third-order valence-electron chi connectivity index (χ3n) is 6.83. The van der Waals surface area contributed by atoms with Gasteiger partial charge < -0.3 is 0 Å². The average Bonchev–Trinajstić information content (AvgIpc) is 3.09. The van der Waals surface area contributed by atoms with E-state index in [4.69, 9.17) is 0 Å². The number of carbonyl (C=O) groups excluding carboxylic acids is 4. The third-order valence-corrected chi connectivity index (χ3v) is 7.94. The zero-order valence-corrected chi connectivity index (χ0v) is 20.3. The van der Waals surface area contributed by atoms with Crippen LogP contribution < -0.4 is 5.32 Å². The van der Waals surface area contributed by atoms with Crippen molar-refractivity contribution in [2.45, 2.75) is 55.3 Å². The van der Waals surface area contributed by atoms with E-state index in [9.17, 15) is 28.0 Å². The van der Waals surface area contributed by atoms with Gasteiger partial charge in [-0.1, -0.05) is 18.6 Å². The minimum atomic E-state index is -1.13. The van der Waals surface area contributed by atoms with Crippen molar-refractivity contribution in [2.24, 2.45) is 0 Å². The molecule has 2 aromatic carbocycles. The summed E-state index contributed by atoms with van der Waals surface area (Å²) in [5.74, 6) is -3.39. The van der Waals surface area contributed by atoms with Crippen LogP contribution in [0.1, 0.15) is 63.9 Å². The van der Waals surface area contributed by atoms with Gasteiger partial charge in [0.1, 0.15) is 17.7 Å². The molecule has 0 spiro atoms. The monoisotopic (exact) mass is 513 g/mol. The van der Waals surface area contributed by atoms with Gasteiger partial charge in [-0.2, -0.15) is 0 Å². The maximum atomic E-state index is 14.8. The quantitative estimate of drug-likeness (QED) is 0.469. The van der Waals surface area contributed by atoms with Gasteiger partial charge in [0.15, 0.2) is 0 Å². The normalized spacial score (nSPS) is 20.6. The van der Waals surface area contributed by atoms with Gasteiger partial charge in [0.2, 0.25) is 11.8 Å². The van der Waals surface area contributed by atoms with Crippen LogP contribution in [0.15, 0.2) is 35.2 Å². The Morgan fingerprint density at radius 1 is 0.972 bits per heavy atom. The van der Waals surface area contributed by atoms with Crippen LogP contribution in [0.4, 0.5) is 8.78 Å². The number of carbonyl (C=O) groups is 4. The molecule has 5 rings (SSSR count). The molecule has 36 heavy (non-hydrogen) atoms. The highest BCUT2D eigenvalue weighted by atomic mass is 32.2. The Labute approximate surface area is 211 Å². The highest BCUT2D eigenvalue weighted by Gasteiger charge is 2.46. The molecule has 2 fully saturated rings. The number of nitrogens with one attached hydrogen (secondary N) is 1. The molecule has 2 aromatic rings. The van der Waals surface area contributed by atoms with Crippen molar-refractivity contribution in [3.8, 4) is 0 Å². The Morgan fingerprint density at radius 2 is 1.75 bits per heavy atom. The van der Waals surface area contributed by atoms with Crippen molar-refractivity contribution < 1.29 is 28.0 Å². The number of benzene rings is 2. The van der Waals surface area contributed by atoms with Gasteiger partial charge in [0, 0.05) is 29.2 Å². The zero-order valence-electron chi connectivity index (χ0n) is 19.5. The number of imide groups is 2. The van der Waals surface area contributed by atoms with E-state index < -0.39 is 35.5 Å². The fourth-order valence-electron chi connectivity index (χ4n) is 4.97. The molecule has 1 atom stereocenters. The van der Waals surface area contributed by atoms with Gasteiger partial charge in [0.05, 0.1) is 11.1 Å². The summed E-state index contributed by atoms with van der Waals surface area (Å²) in [6.07, 6.45) is 3.47. The smallest absolute Gasteiger partial charge is 0.263 e. The van der Waals surface area contributed by atoms with Gasteiger partial charge in [0.25, 0.3) is 11.8 Å². The number of fused-ring (bicyclic) bond motifs is 1. The molecule has 3 heterocycles. The van der Waals surface area contributed by atoms with E-state index in [0.717, 1.165) is 48.7 Å². The molecule has 0 radical (unpaired) electrons. The number of amides is 4. The van der Waals surface area contributed by atoms with E-state index in [0.29, 0.717) is 17.7 Å². The largest absolute Gasteiger partial charge is 0.299 e. The van der Waals surface area contributed by atoms with Gasteiger partial charge in [-0.25, -0.2) is 8.78 Å². The molecule has 0 aromatic heterocycles. The van der Waals surface area contributed by atoms with E-state index in [-0.39, 0.29) is 40.4 Å². The van der Waals surface area contributed by atoms with Crippen LogP contribution in [0, 0.1) is 11.6 Å². The molecule has 7 nitrogen and oxygen atoms in total. The van der Waals surface area contributed by atoms with E-state index in [2.05, 4.69) is 10.2 Å². The second-order valence-corrected chi connectivity index (χ2v) is 10.3. The van der Waals surface area contributed by atoms with Crippen LogP contribution in [0.25, 0.3) is 0 Å². The summed E-state index contributed by atoms with van der Waals surface area (Å²) in [4.78, 5) is 53.2. The summed E-state index contributed by atoms with van der Waals surface area (Å²) in [6.45, 7) is 2.48. The molecule has 10 heteroatoms. The van der Waals surface area contributed by atoms with Crippen molar-refractivity contribution in [2.75, 3.05) is 13.1 Å². The lowest BCUT2D eigenvalue weighted by Gasteiger charge is -2.27. The van der Waals surface area contributed by atoms with Crippen LogP contribution in [-0.4, -0.2) is 52.6 Å². The van der Waals surface area contributed by atoms with E-state index in [1.165, 1.54) is 18.6 Å². The van der Waals surface area contributed by atoms with Crippen molar-refractivity contribution in [1.82, 2.24) is 15.1 Å². The van der Waals surface area contributed by atoms with Crippen LogP contribution in [0.5, 0.6) is 0 Å². The number of nitrogens with zero attached hydrogens (tertiary/aromatic N) is 2. The maximum absolute atomic E-state index is 14.8. The third kappa shape index (κ3) is 4.79. The molecule has 0 saturated carbocycles.